The number of ether oxygens (including phenoxy) is 1. The molecule has 1 aromatic carbocycles. The first-order valence-electron chi connectivity index (χ1n) is 7.70. The Balaban J connectivity index is 1.78. The van der Waals surface area contributed by atoms with Crippen LogP contribution in [0.4, 0.5) is 0 Å². The van der Waals surface area contributed by atoms with E-state index >= 15 is 0 Å². The molecule has 114 valence electrons. The zero-order chi connectivity index (χ0) is 15.0. The molecule has 0 bridgehead atoms. The Morgan fingerprint density at radius 2 is 2.05 bits per heavy atom. The molecule has 1 aromatic rings. The van der Waals surface area contributed by atoms with Crippen LogP contribution < -0.4 is 5.73 Å². The second kappa shape index (κ2) is 5.43. The quantitative estimate of drug-likeness (QED) is 0.920. The summed E-state index contributed by atoms with van der Waals surface area (Å²) in [5.74, 6) is 0.149. The monoisotopic (exact) mass is 288 g/mol. The molecule has 21 heavy (non-hydrogen) atoms. The topological polar surface area (TPSA) is 55.6 Å². The molecule has 2 N–H and O–H groups in total. The van der Waals surface area contributed by atoms with Crippen molar-refractivity contribution < 1.29 is 9.53 Å². The van der Waals surface area contributed by atoms with Gasteiger partial charge in [0.05, 0.1) is 18.6 Å². The molecule has 1 saturated heterocycles. The maximum absolute atomic E-state index is 13.0. The van der Waals surface area contributed by atoms with Crippen LogP contribution in [0, 0.1) is 12.3 Å². The summed E-state index contributed by atoms with van der Waals surface area (Å²) in [4.78, 5) is 15.0. The average Bonchev–Trinajstić information content (AvgIpc) is 3.25. The fraction of sp³-hybridized carbons (Fsp3) is 0.588. The standard InChI is InChI=1S/C17H24N2O2/c1-12-3-5-13(6-4-12)9-19(14-7-8-14)16(20)17(2)11-21-10-15(17)18/h3-6,14-15H,7-11,18H2,1-2H3. The number of carbonyl (C=O) groups excluding carboxylic acids is 1. The number of hydrogen-bond donors (Lipinski definition) is 1. The summed E-state index contributed by atoms with van der Waals surface area (Å²) in [5, 5.41) is 0. The molecular formula is C17H24N2O2. The number of amides is 1. The van der Waals surface area contributed by atoms with E-state index in [-0.39, 0.29) is 11.9 Å². The lowest BCUT2D eigenvalue weighted by molar-refractivity contribution is -0.143. The molecule has 0 radical (unpaired) electrons. The molecule has 0 spiro atoms. The van der Waals surface area contributed by atoms with E-state index in [0.717, 1.165) is 12.8 Å². The van der Waals surface area contributed by atoms with Crippen LogP contribution in [0.5, 0.6) is 0 Å². The van der Waals surface area contributed by atoms with Crippen molar-refractivity contribution in [1.82, 2.24) is 4.90 Å². The summed E-state index contributed by atoms with van der Waals surface area (Å²) in [6.45, 7) is 5.60. The van der Waals surface area contributed by atoms with Gasteiger partial charge in [0.25, 0.3) is 0 Å². The first kappa shape index (κ1) is 14.5. The third kappa shape index (κ3) is 2.83. The van der Waals surface area contributed by atoms with Crippen molar-refractivity contribution in [1.29, 1.82) is 0 Å². The minimum Gasteiger partial charge on any atom is -0.379 e. The van der Waals surface area contributed by atoms with Crippen LogP contribution >= 0.6 is 0 Å². The van der Waals surface area contributed by atoms with E-state index in [1.807, 2.05) is 11.8 Å². The second-order valence-corrected chi connectivity index (χ2v) is 6.69. The van der Waals surface area contributed by atoms with Crippen molar-refractivity contribution >= 4 is 5.91 Å². The molecule has 2 aliphatic rings. The molecule has 2 atom stereocenters. The lowest BCUT2D eigenvalue weighted by atomic mass is 9.84. The zero-order valence-corrected chi connectivity index (χ0v) is 12.8. The number of hydrogen-bond acceptors (Lipinski definition) is 3. The SMILES string of the molecule is Cc1ccc(CN(C(=O)C2(C)COCC2N)C2CC2)cc1. The van der Waals surface area contributed by atoms with Crippen LogP contribution in [-0.2, 0) is 16.1 Å². The maximum Gasteiger partial charge on any atom is 0.233 e. The van der Waals surface area contributed by atoms with Gasteiger partial charge in [-0.3, -0.25) is 4.79 Å². The van der Waals surface area contributed by atoms with Crippen molar-refractivity contribution in [2.75, 3.05) is 13.2 Å². The van der Waals surface area contributed by atoms with Gasteiger partial charge in [0.15, 0.2) is 0 Å². The number of nitrogens with zero attached hydrogens (tertiary/aromatic N) is 1. The first-order chi connectivity index (χ1) is 10.0. The highest BCUT2D eigenvalue weighted by molar-refractivity contribution is 5.84. The highest BCUT2D eigenvalue weighted by atomic mass is 16.5. The van der Waals surface area contributed by atoms with Crippen molar-refractivity contribution in [2.24, 2.45) is 11.1 Å². The Bertz CT molecular complexity index is 524. The predicted octanol–water partition coefficient (Wildman–Crippen LogP) is 1.85. The van der Waals surface area contributed by atoms with Gasteiger partial charge in [-0.15, -0.1) is 0 Å². The summed E-state index contributed by atoms with van der Waals surface area (Å²) in [5.41, 5.74) is 7.95. The Morgan fingerprint density at radius 3 is 2.57 bits per heavy atom. The fourth-order valence-corrected chi connectivity index (χ4v) is 2.88. The first-order valence-corrected chi connectivity index (χ1v) is 7.70. The van der Waals surface area contributed by atoms with E-state index in [1.54, 1.807) is 0 Å². The average molecular weight is 288 g/mol. The largest absolute Gasteiger partial charge is 0.379 e. The van der Waals surface area contributed by atoms with E-state index in [1.165, 1.54) is 11.1 Å². The second-order valence-electron chi connectivity index (χ2n) is 6.69. The number of nitrogens with two attached hydrogens (primary N) is 1. The van der Waals surface area contributed by atoms with Gasteiger partial charge in [0, 0.05) is 18.6 Å². The Labute approximate surface area is 126 Å². The summed E-state index contributed by atoms with van der Waals surface area (Å²) in [7, 11) is 0. The van der Waals surface area contributed by atoms with E-state index in [4.69, 9.17) is 10.5 Å². The van der Waals surface area contributed by atoms with Crippen LogP contribution in [0.2, 0.25) is 0 Å². The third-order valence-electron chi connectivity index (χ3n) is 4.73. The zero-order valence-electron chi connectivity index (χ0n) is 12.8. The van der Waals surface area contributed by atoms with E-state index in [0.29, 0.717) is 25.8 Å². The Hall–Kier alpha value is -1.39. The van der Waals surface area contributed by atoms with Crippen LogP contribution in [-0.4, -0.2) is 36.1 Å². The van der Waals surface area contributed by atoms with E-state index in [2.05, 4.69) is 31.2 Å². The van der Waals surface area contributed by atoms with E-state index < -0.39 is 5.41 Å². The lowest BCUT2D eigenvalue weighted by Gasteiger charge is -2.33. The van der Waals surface area contributed by atoms with Gasteiger partial charge < -0.3 is 15.4 Å². The van der Waals surface area contributed by atoms with Crippen molar-refractivity contribution in [3.05, 3.63) is 35.4 Å². The molecule has 4 nitrogen and oxygen atoms in total. The smallest absolute Gasteiger partial charge is 0.233 e. The minimum absolute atomic E-state index is 0.149. The molecule has 1 heterocycles. The molecule has 3 rings (SSSR count). The highest BCUT2D eigenvalue weighted by Crippen LogP contribution is 2.36. The van der Waals surface area contributed by atoms with Crippen molar-refractivity contribution in [2.45, 2.75) is 45.3 Å². The number of aryl methyl sites for hydroxylation is 1. The molecule has 4 heteroatoms. The van der Waals surface area contributed by atoms with Crippen LogP contribution in [0.3, 0.4) is 0 Å². The molecule has 0 aromatic heterocycles. The number of carbonyl (C=O) groups is 1. The summed E-state index contributed by atoms with van der Waals surface area (Å²) in [6, 6.07) is 8.57. The van der Waals surface area contributed by atoms with Gasteiger partial charge in [-0.2, -0.15) is 0 Å². The lowest BCUT2D eigenvalue weighted by Crippen LogP contribution is -2.51. The predicted molar refractivity (Wildman–Crippen MR) is 81.7 cm³/mol. The molecule has 1 aliphatic carbocycles. The Morgan fingerprint density at radius 1 is 1.38 bits per heavy atom. The maximum atomic E-state index is 13.0. The minimum atomic E-state index is -0.576. The molecule has 2 fully saturated rings. The van der Waals surface area contributed by atoms with Gasteiger partial charge in [-0.1, -0.05) is 29.8 Å². The molecule has 1 saturated carbocycles. The van der Waals surface area contributed by atoms with Gasteiger partial charge in [0.2, 0.25) is 5.91 Å². The molecule has 2 unspecified atom stereocenters. The third-order valence-corrected chi connectivity index (χ3v) is 4.73. The normalized spacial score (nSPS) is 28.6. The van der Waals surface area contributed by atoms with Gasteiger partial charge in [0.1, 0.15) is 0 Å². The highest BCUT2D eigenvalue weighted by Gasteiger charge is 2.48. The fourth-order valence-electron chi connectivity index (χ4n) is 2.88. The van der Waals surface area contributed by atoms with Crippen LogP contribution in [0.15, 0.2) is 24.3 Å². The van der Waals surface area contributed by atoms with Crippen LogP contribution in [0.25, 0.3) is 0 Å². The van der Waals surface area contributed by atoms with Crippen molar-refractivity contribution in [3.8, 4) is 0 Å². The number of rotatable bonds is 4. The molecular weight excluding hydrogens is 264 g/mol. The van der Waals surface area contributed by atoms with Crippen molar-refractivity contribution in [3.63, 3.8) is 0 Å². The van der Waals surface area contributed by atoms with Gasteiger partial charge in [-0.25, -0.2) is 0 Å². The van der Waals surface area contributed by atoms with Gasteiger partial charge in [-0.05, 0) is 32.3 Å². The summed E-state index contributed by atoms with van der Waals surface area (Å²) >= 11 is 0. The van der Waals surface area contributed by atoms with Crippen LogP contribution in [0.1, 0.15) is 30.9 Å². The van der Waals surface area contributed by atoms with Gasteiger partial charge >= 0.3 is 0 Å². The summed E-state index contributed by atoms with van der Waals surface area (Å²) < 4.78 is 5.44. The van der Waals surface area contributed by atoms with E-state index in [9.17, 15) is 4.79 Å². The molecule has 1 aliphatic heterocycles. The Kier molecular flexibility index (Phi) is 3.76. The summed E-state index contributed by atoms with van der Waals surface area (Å²) in [6.07, 6.45) is 2.20. The number of benzene rings is 1. The molecule has 1 amide bonds.